The highest BCUT2D eigenvalue weighted by Gasteiger charge is 2.34. The Labute approximate surface area is 162 Å². The van der Waals surface area contributed by atoms with E-state index in [1.54, 1.807) is 6.92 Å². The zero-order valence-electron chi connectivity index (χ0n) is 15.1. The van der Waals surface area contributed by atoms with Crippen LogP contribution >= 0.6 is 0 Å². The number of para-hydroxylation sites is 1. The van der Waals surface area contributed by atoms with E-state index >= 15 is 0 Å². The van der Waals surface area contributed by atoms with Crippen LogP contribution in [0, 0.1) is 6.92 Å². The molecule has 0 amide bonds. The third-order valence-corrected chi connectivity index (χ3v) is 4.13. The van der Waals surface area contributed by atoms with Crippen LogP contribution in [0.4, 0.5) is 13.2 Å². The second-order valence-electron chi connectivity index (χ2n) is 6.11. The van der Waals surface area contributed by atoms with Gasteiger partial charge in [0.2, 0.25) is 0 Å². The number of halogens is 3. The molecule has 4 aromatic rings. The minimum Gasteiger partial charge on any atom is -0.483 e. The first-order valence-corrected chi connectivity index (χ1v) is 8.57. The summed E-state index contributed by atoms with van der Waals surface area (Å²) in [6.07, 6.45) is -4.53. The molecule has 0 atom stereocenters. The Morgan fingerprint density at radius 2 is 1.69 bits per heavy atom. The summed E-state index contributed by atoms with van der Waals surface area (Å²) in [7, 11) is 0. The van der Waals surface area contributed by atoms with Crippen molar-refractivity contribution < 1.29 is 26.8 Å². The van der Waals surface area contributed by atoms with Crippen molar-refractivity contribution in [3.05, 3.63) is 71.8 Å². The molecular formula is C20H14F3N3O3. The molecule has 0 fully saturated rings. The van der Waals surface area contributed by atoms with Crippen molar-refractivity contribution in [1.82, 2.24) is 15.4 Å². The SMILES string of the molecule is Cc1onc(-c2ccccc2)c1-c1nnc(COc2ccccc2C(F)(F)F)o1. The second-order valence-corrected chi connectivity index (χ2v) is 6.11. The summed E-state index contributed by atoms with van der Waals surface area (Å²) < 4.78 is 55.3. The van der Waals surface area contributed by atoms with Crippen molar-refractivity contribution in [3.63, 3.8) is 0 Å². The molecule has 0 aliphatic heterocycles. The van der Waals surface area contributed by atoms with Crippen LogP contribution in [0.2, 0.25) is 0 Å². The first kappa shape index (κ1) is 18.7. The van der Waals surface area contributed by atoms with E-state index in [-0.39, 0.29) is 24.1 Å². The predicted molar refractivity (Wildman–Crippen MR) is 95.7 cm³/mol. The van der Waals surface area contributed by atoms with Crippen LogP contribution in [-0.4, -0.2) is 15.4 Å². The van der Waals surface area contributed by atoms with Crippen LogP contribution in [0.5, 0.6) is 5.75 Å². The number of ether oxygens (including phenoxy) is 1. The van der Waals surface area contributed by atoms with Crippen LogP contribution in [-0.2, 0) is 12.8 Å². The summed E-state index contributed by atoms with van der Waals surface area (Å²) in [6.45, 7) is 1.39. The first-order valence-electron chi connectivity index (χ1n) is 8.57. The summed E-state index contributed by atoms with van der Waals surface area (Å²) in [5, 5.41) is 11.9. The van der Waals surface area contributed by atoms with Gasteiger partial charge in [-0.3, -0.25) is 0 Å². The Hall–Kier alpha value is -3.62. The lowest BCUT2D eigenvalue weighted by atomic mass is 10.1. The van der Waals surface area contributed by atoms with E-state index in [9.17, 15) is 13.2 Å². The number of nitrogens with zero attached hydrogens (tertiary/aromatic N) is 3. The van der Waals surface area contributed by atoms with Crippen LogP contribution in [0.25, 0.3) is 22.7 Å². The molecule has 0 radical (unpaired) electrons. The highest BCUT2D eigenvalue weighted by molar-refractivity contribution is 5.77. The number of aryl methyl sites for hydroxylation is 1. The normalized spacial score (nSPS) is 11.6. The zero-order valence-corrected chi connectivity index (χ0v) is 15.1. The van der Waals surface area contributed by atoms with Gasteiger partial charge in [-0.25, -0.2) is 0 Å². The predicted octanol–water partition coefficient (Wildman–Crippen LogP) is 5.30. The van der Waals surface area contributed by atoms with Gasteiger partial charge in [-0.2, -0.15) is 13.2 Å². The number of benzene rings is 2. The van der Waals surface area contributed by atoms with Crippen molar-refractivity contribution in [2.24, 2.45) is 0 Å². The van der Waals surface area contributed by atoms with Gasteiger partial charge in [0.15, 0.2) is 6.61 Å². The van der Waals surface area contributed by atoms with Crippen molar-refractivity contribution in [2.45, 2.75) is 19.7 Å². The fourth-order valence-electron chi connectivity index (χ4n) is 2.80. The van der Waals surface area contributed by atoms with Crippen molar-refractivity contribution in [3.8, 4) is 28.5 Å². The standard InChI is InChI=1S/C20H14F3N3O3/c1-12-17(18(26-29-12)13-7-3-2-4-8-13)19-25-24-16(28-19)11-27-15-10-6-5-9-14(15)20(21,22)23/h2-10H,11H2,1H3. The summed E-state index contributed by atoms with van der Waals surface area (Å²) in [5.41, 5.74) is 0.975. The maximum Gasteiger partial charge on any atom is 0.419 e. The average molecular weight is 401 g/mol. The van der Waals surface area contributed by atoms with Crippen molar-refractivity contribution >= 4 is 0 Å². The summed E-state index contributed by atoms with van der Waals surface area (Å²) in [6, 6.07) is 14.2. The number of aromatic nitrogens is 3. The minimum atomic E-state index is -4.53. The third kappa shape index (κ3) is 3.84. The molecule has 2 aromatic carbocycles. The largest absolute Gasteiger partial charge is 0.483 e. The molecule has 0 unspecified atom stereocenters. The summed E-state index contributed by atoms with van der Waals surface area (Å²) in [5.74, 6) is 0.329. The smallest absolute Gasteiger partial charge is 0.419 e. The summed E-state index contributed by atoms with van der Waals surface area (Å²) >= 11 is 0. The maximum absolute atomic E-state index is 13.1. The molecule has 4 rings (SSSR count). The first-order chi connectivity index (χ1) is 13.9. The molecule has 0 bridgehead atoms. The fourth-order valence-corrected chi connectivity index (χ4v) is 2.80. The second kappa shape index (κ2) is 7.42. The number of hydrogen-bond acceptors (Lipinski definition) is 6. The average Bonchev–Trinajstić information content (AvgIpc) is 3.33. The quantitative estimate of drug-likeness (QED) is 0.452. The van der Waals surface area contributed by atoms with E-state index in [0.29, 0.717) is 17.0 Å². The molecule has 29 heavy (non-hydrogen) atoms. The molecule has 0 saturated carbocycles. The van der Waals surface area contributed by atoms with Crippen LogP contribution < -0.4 is 4.74 Å². The number of rotatable bonds is 5. The van der Waals surface area contributed by atoms with Gasteiger partial charge in [0.25, 0.3) is 11.8 Å². The molecule has 6 nitrogen and oxygen atoms in total. The minimum absolute atomic E-state index is 0.0246. The van der Waals surface area contributed by atoms with Gasteiger partial charge in [0.05, 0.1) is 5.56 Å². The topological polar surface area (TPSA) is 74.2 Å². The Morgan fingerprint density at radius 3 is 2.45 bits per heavy atom. The highest BCUT2D eigenvalue weighted by Crippen LogP contribution is 2.37. The monoisotopic (exact) mass is 401 g/mol. The van der Waals surface area contributed by atoms with Gasteiger partial charge < -0.3 is 13.7 Å². The number of alkyl halides is 3. The Bertz CT molecular complexity index is 1120. The highest BCUT2D eigenvalue weighted by atomic mass is 19.4. The van der Waals surface area contributed by atoms with E-state index in [1.165, 1.54) is 18.2 Å². The van der Waals surface area contributed by atoms with Crippen LogP contribution in [0.15, 0.2) is 63.5 Å². The molecule has 0 aliphatic rings. The van der Waals surface area contributed by atoms with Gasteiger partial charge in [0, 0.05) is 5.56 Å². The third-order valence-electron chi connectivity index (χ3n) is 4.13. The lowest BCUT2D eigenvalue weighted by Gasteiger charge is -2.12. The van der Waals surface area contributed by atoms with E-state index in [1.807, 2.05) is 30.3 Å². The maximum atomic E-state index is 13.1. The van der Waals surface area contributed by atoms with E-state index in [4.69, 9.17) is 13.7 Å². The Balaban J connectivity index is 1.58. The molecule has 9 heteroatoms. The van der Waals surface area contributed by atoms with Gasteiger partial charge in [-0.05, 0) is 19.1 Å². The Kier molecular flexibility index (Phi) is 4.79. The van der Waals surface area contributed by atoms with Gasteiger partial charge in [0.1, 0.15) is 22.8 Å². The molecule has 0 spiro atoms. The molecule has 0 aliphatic carbocycles. The molecule has 2 aromatic heterocycles. The lowest BCUT2D eigenvalue weighted by molar-refractivity contribution is -0.139. The fraction of sp³-hybridized carbons (Fsp3) is 0.150. The van der Waals surface area contributed by atoms with Crippen molar-refractivity contribution in [1.29, 1.82) is 0 Å². The van der Waals surface area contributed by atoms with E-state index in [0.717, 1.165) is 11.6 Å². The summed E-state index contributed by atoms with van der Waals surface area (Å²) in [4.78, 5) is 0. The van der Waals surface area contributed by atoms with Crippen LogP contribution in [0.3, 0.4) is 0 Å². The van der Waals surface area contributed by atoms with E-state index < -0.39 is 11.7 Å². The van der Waals surface area contributed by atoms with E-state index in [2.05, 4.69) is 15.4 Å². The number of hydrogen-bond donors (Lipinski definition) is 0. The van der Waals surface area contributed by atoms with Gasteiger partial charge in [-0.1, -0.05) is 47.6 Å². The lowest BCUT2D eigenvalue weighted by Crippen LogP contribution is -2.08. The van der Waals surface area contributed by atoms with Crippen molar-refractivity contribution in [2.75, 3.05) is 0 Å². The molecule has 2 heterocycles. The molecule has 148 valence electrons. The molecular weight excluding hydrogens is 387 g/mol. The Morgan fingerprint density at radius 1 is 0.966 bits per heavy atom. The van der Waals surface area contributed by atoms with Crippen LogP contribution in [0.1, 0.15) is 17.2 Å². The zero-order chi connectivity index (χ0) is 20.4. The molecule has 0 N–H and O–H groups in total. The van der Waals surface area contributed by atoms with Gasteiger partial charge >= 0.3 is 6.18 Å². The van der Waals surface area contributed by atoms with Gasteiger partial charge in [-0.15, -0.1) is 10.2 Å². The molecule has 0 saturated heterocycles.